The average molecular weight is 442 g/mol. The molecule has 1 heterocycles. The second-order valence-corrected chi connectivity index (χ2v) is 8.77. The molecule has 0 aliphatic heterocycles. The third-order valence-corrected chi connectivity index (χ3v) is 5.83. The Labute approximate surface area is 190 Å². The van der Waals surface area contributed by atoms with Crippen molar-refractivity contribution in [2.75, 3.05) is 13.7 Å². The van der Waals surface area contributed by atoms with Crippen molar-refractivity contribution >= 4 is 11.6 Å². The summed E-state index contributed by atoms with van der Waals surface area (Å²) in [5.41, 5.74) is 3.85. The highest BCUT2D eigenvalue weighted by Gasteiger charge is 2.17. The average Bonchev–Trinajstić information content (AvgIpc) is 3.05. The van der Waals surface area contributed by atoms with E-state index in [1.807, 2.05) is 49.4 Å². The standard InChI is InChI=1S/C25H32ClN3O2/c1-18(2)14-22(16-30)28(4)15-20-10-12-23(13-11-20)31-17-24-19(3)27-29(25(24)26)21-8-6-5-7-9-21/h5-13,18,22,30H,14-17H2,1-4H3/t22-/m0/s1. The maximum absolute atomic E-state index is 9.69. The first kappa shape index (κ1) is 23.3. The van der Waals surface area contributed by atoms with Crippen LogP contribution in [0.25, 0.3) is 5.69 Å². The molecule has 0 amide bonds. The van der Waals surface area contributed by atoms with E-state index < -0.39 is 0 Å². The molecule has 0 aliphatic rings. The molecule has 0 unspecified atom stereocenters. The SMILES string of the molecule is Cc1nn(-c2ccccc2)c(Cl)c1COc1ccc(CN(C)[C@H](CO)CC(C)C)cc1. The van der Waals surface area contributed by atoms with E-state index in [2.05, 4.69) is 43.0 Å². The summed E-state index contributed by atoms with van der Waals surface area (Å²) in [6.45, 7) is 7.62. The molecule has 1 aromatic heterocycles. The third kappa shape index (κ3) is 6.10. The second-order valence-electron chi connectivity index (χ2n) is 8.42. The number of benzene rings is 2. The van der Waals surface area contributed by atoms with Crippen LogP contribution in [0.5, 0.6) is 5.75 Å². The Morgan fingerprint density at radius 2 is 1.77 bits per heavy atom. The van der Waals surface area contributed by atoms with E-state index in [1.54, 1.807) is 4.68 Å². The zero-order valence-electron chi connectivity index (χ0n) is 18.8. The Hall–Kier alpha value is -2.34. The van der Waals surface area contributed by atoms with Gasteiger partial charge in [0.25, 0.3) is 0 Å². The minimum Gasteiger partial charge on any atom is -0.489 e. The first-order chi connectivity index (χ1) is 14.9. The van der Waals surface area contributed by atoms with E-state index in [4.69, 9.17) is 16.3 Å². The lowest BCUT2D eigenvalue weighted by molar-refractivity contribution is 0.124. The Morgan fingerprint density at radius 1 is 1.10 bits per heavy atom. The number of rotatable bonds is 10. The quantitative estimate of drug-likeness (QED) is 0.466. The van der Waals surface area contributed by atoms with Gasteiger partial charge in [-0.05, 0) is 56.1 Å². The molecular formula is C25H32ClN3O2. The number of para-hydroxylation sites is 1. The fourth-order valence-electron chi connectivity index (χ4n) is 3.64. The van der Waals surface area contributed by atoms with Crippen LogP contribution in [-0.2, 0) is 13.2 Å². The van der Waals surface area contributed by atoms with E-state index in [1.165, 1.54) is 5.56 Å². The lowest BCUT2D eigenvalue weighted by Crippen LogP contribution is -2.35. The fraction of sp³-hybridized carbons (Fsp3) is 0.400. The molecule has 0 spiro atoms. The predicted octanol–water partition coefficient (Wildman–Crippen LogP) is 5.25. The number of nitrogens with zero attached hydrogens (tertiary/aromatic N) is 3. The molecule has 0 fully saturated rings. The first-order valence-corrected chi connectivity index (χ1v) is 11.1. The normalized spacial score (nSPS) is 12.5. The topological polar surface area (TPSA) is 50.5 Å². The van der Waals surface area contributed by atoms with E-state index >= 15 is 0 Å². The minimum absolute atomic E-state index is 0.169. The molecule has 1 atom stereocenters. The Kier molecular flexibility index (Phi) is 8.13. The number of hydrogen-bond donors (Lipinski definition) is 1. The monoisotopic (exact) mass is 441 g/mol. The van der Waals surface area contributed by atoms with Gasteiger partial charge < -0.3 is 9.84 Å². The van der Waals surface area contributed by atoms with Crippen molar-refractivity contribution in [1.82, 2.24) is 14.7 Å². The summed E-state index contributed by atoms with van der Waals surface area (Å²) < 4.78 is 7.73. The number of aryl methyl sites for hydroxylation is 1. The summed E-state index contributed by atoms with van der Waals surface area (Å²) >= 11 is 6.59. The van der Waals surface area contributed by atoms with Crippen LogP contribution in [0.2, 0.25) is 5.15 Å². The summed E-state index contributed by atoms with van der Waals surface area (Å²) in [4.78, 5) is 2.21. The fourth-order valence-corrected chi connectivity index (χ4v) is 3.96. The maximum atomic E-state index is 9.69. The highest BCUT2D eigenvalue weighted by Crippen LogP contribution is 2.25. The van der Waals surface area contributed by atoms with Gasteiger partial charge in [-0.15, -0.1) is 0 Å². The Bertz CT molecular complexity index is 955. The number of aliphatic hydroxyl groups excluding tert-OH is 1. The summed E-state index contributed by atoms with van der Waals surface area (Å²) in [5, 5.41) is 14.8. The van der Waals surface area contributed by atoms with Crippen LogP contribution < -0.4 is 4.74 Å². The largest absolute Gasteiger partial charge is 0.489 e. The lowest BCUT2D eigenvalue weighted by Gasteiger charge is -2.28. The van der Waals surface area contributed by atoms with E-state index in [9.17, 15) is 5.11 Å². The van der Waals surface area contributed by atoms with E-state index in [-0.39, 0.29) is 12.6 Å². The molecule has 0 bridgehead atoms. The molecule has 31 heavy (non-hydrogen) atoms. The minimum atomic E-state index is 0.169. The molecule has 0 saturated carbocycles. The maximum Gasteiger partial charge on any atom is 0.139 e. The molecule has 1 N–H and O–H groups in total. The van der Waals surface area contributed by atoms with Crippen molar-refractivity contribution in [3.63, 3.8) is 0 Å². The molecule has 3 rings (SSSR count). The smallest absolute Gasteiger partial charge is 0.139 e. The number of aliphatic hydroxyl groups is 1. The van der Waals surface area contributed by atoms with Crippen LogP contribution in [0.15, 0.2) is 54.6 Å². The Balaban J connectivity index is 1.62. The summed E-state index contributed by atoms with van der Waals surface area (Å²) in [5.74, 6) is 1.34. The van der Waals surface area contributed by atoms with Crippen LogP contribution in [-0.4, -0.2) is 39.5 Å². The summed E-state index contributed by atoms with van der Waals surface area (Å²) in [7, 11) is 2.06. The molecule has 0 aliphatic carbocycles. The first-order valence-electron chi connectivity index (χ1n) is 10.7. The van der Waals surface area contributed by atoms with Gasteiger partial charge >= 0.3 is 0 Å². The number of aromatic nitrogens is 2. The Morgan fingerprint density at radius 3 is 2.39 bits per heavy atom. The van der Waals surface area contributed by atoms with Gasteiger partial charge in [-0.1, -0.05) is 55.8 Å². The molecule has 6 heteroatoms. The van der Waals surface area contributed by atoms with Crippen molar-refractivity contribution < 1.29 is 9.84 Å². The lowest BCUT2D eigenvalue weighted by atomic mass is 10.0. The van der Waals surface area contributed by atoms with Crippen molar-refractivity contribution in [3.05, 3.63) is 76.6 Å². The van der Waals surface area contributed by atoms with Gasteiger partial charge in [0.2, 0.25) is 0 Å². The number of ether oxygens (including phenoxy) is 1. The number of halogens is 1. The van der Waals surface area contributed by atoms with Gasteiger partial charge in [-0.25, -0.2) is 4.68 Å². The molecule has 166 valence electrons. The van der Waals surface area contributed by atoms with Gasteiger partial charge in [0.15, 0.2) is 0 Å². The van der Waals surface area contributed by atoms with Crippen molar-refractivity contribution in [2.45, 2.75) is 46.4 Å². The highest BCUT2D eigenvalue weighted by molar-refractivity contribution is 6.30. The molecule has 5 nitrogen and oxygen atoms in total. The van der Waals surface area contributed by atoms with E-state index in [0.29, 0.717) is 17.7 Å². The molecule has 0 radical (unpaired) electrons. The van der Waals surface area contributed by atoms with Crippen LogP contribution in [0.4, 0.5) is 0 Å². The molecule has 0 saturated heterocycles. The van der Waals surface area contributed by atoms with Gasteiger partial charge in [0.05, 0.1) is 18.0 Å². The highest BCUT2D eigenvalue weighted by atomic mass is 35.5. The summed E-state index contributed by atoms with van der Waals surface area (Å²) in [6.07, 6.45) is 0.977. The summed E-state index contributed by atoms with van der Waals surface area (Å²) in [6, 6.07) is 18.1. The van der Waals surface area contributed by atoms with Crippen molar-refractivity contribution in [3.8, 4) is 11.4 Å². The van der Waals surface area contributed by atoms with Crippen LogP contribution in [0.1, 0.15) is 37.1 Å². The number of likely N-dealkylation sites (N-methyl/N-ethyl adjacent to an activating group) is 1. The molecular weight excluding hydrogens is 410 g/mol. The van der Waals surface area contributed by atoms with Gasteiger partial charge in [-0.2, -0.15) is 5.10 Å². The van der Waals surface area contributed by atoms with Crippen LogP contribution >= 0.6 is 11.6 Å². The van der Waals surface area contributed by atoms with Crippen molar-refractivity contribution in [2.24, 2.45) is 5.92 Å². The van der Waals surface area contributed by atoms with E-state index in [0.717, 1.165) is 35.7 Å². The third-order valence-electron chi connectivity index (χ3n) is 5.44. The van der Waals surface area contributed by atoms with Crippen LogP contribution in [0, 0.1) is 12.8 Å². The van der Waals surface area contributed by atoms with Gasteiger partial charge in [0, 0.05) is 18.2 Å². The zero-order valence-corrected chi connectivity index (χ0v) is 19.5. The number of hydrogen-bond acceptors (Lipinski definition) is 4. The zero-order chi connectivity index (χ0) is 22.4. The van der Waals surface area contributed by atoms with Gasteiger partial charge in [-0.3, -0.25) is 4.90 Å². The predicted molar refractivity (Wildman–Crippen MR) is 126 cm³/mol. The molecule has 2 aromatic carbocycles. The van der Waals surface area contributed by atoms with Crippen molar-refractivity contribution in [1.29, 1.82) is 0 Å². The van der Waals surface area contributed by atoms with Gasteiger partial charge in [0.1, 0.15) is 17.5 Å². The molecule has 3 aromatic rings. The van der Waals surface area contributed by atoms with Crippen LogP contribution in [0.3, 0.4) is 0 Å². The second kappa shape index (κ2) is 10.8.